The summed E-state index contributed by atoms with van der Waals surface area (Å²) in [5.74, 6) is 0. The van der Waals surface area contributed by atoms with Crippen LogP contribution in [0, 0.1) is 0 Å². The first-order chi connectivity index (χ1) is 6.00. The number of hydrogen-bond acceptors (Lipinski definition) is 12. The molecule has 0 N–H and O–H groups in total. The summed E-state index contributed by atoms with van der Waals surface area (Å²) in [6, 6.07) is 0. The molecule has 0 aliphatic rings. The fourth-order valence-corrected chi connectivity index (χ4v) is 0. The molecule has 0 amide bonds. The summed E-state index contributed by atoms with van der Waals surface area (Å²) < 4.78 is 103. The Balaban J connectivity index is -0.0000000400. The second-order valence-corrected chi connectivity index (χ2v) is 4.68. The minimum absolute atomic E-state index is 0. The van der Waals surface area contributed by atoms with Crippen molar-refractivity contribution in [2.75, 3.05) is 0 Å². The molecule has 0 rings (SSSR count). The SMILES string of the molecule is [Fe+2].[O]=[Mn](=[O])([O-])[O-].[O]=[Mn](=[O])([O-])[O-].[O]=[Mn](=[O])([O-])[O-].[Zr+4]. The van der Waals surface area contributed by atoms with Crippen LogP contribution in [0.5, 0.6) is 0 Å². The van der Waals surface area contributed by atoms with Crippen LogP contribution in [0.3, 0.4) is 0 Å². The van der Waals surface area contributed by atoms with Crippen molar-refractivity contribution in [1.82, 2.24) is 0 Å². The Morgan fingerprint density at radius 2 is 0.471 bits per heavy atom. The Labute approximate surface area is 130 Å². The van der Waals surface area contributed by atoms with Crippen LogP contribution in [0.15, 0.2) is 0 Å². The summed E-state index contributed by atoms with van der Waals surface area (Å²) in [7, 11) is 0. The van der Waals surface area contributed by atoms with E-state index >= 15 is 0 Å². The van der Waals surface area contributed by atoms with Gasteiger partial charge in [-0.25, -0.2) is 0 Å². The van der Waals surface area contributed by atoms with Crippen LogP contribution in [-0.2, 0) is 106 Å². The summed E-state index contributed by atoms with van der Waals surface area (Å²) in [5.41, 5.74) is 0. The Bertz CT molecular complexity index is 343. The maximum absolute atomic E-state index is 8.58. The molecule has 0 saturated heterocycles. The van der Waals surface area contributed by atoms with E-state index in [-0.39, 0.29) is 43.3 Å². The monoisotopic (exact) mass is 503 g/mol. The van der Waals surface area contributed by atoms with Gasteiger partial charge in [0.1, 0.15) is 0 Å². The predicted molar refractivity (Wildman–Crippen MR) is 4.12 cm³/mol. The summed E-state index contributed by atoms with van der Waals surface area (Å²) in [4.78, 5) is 0. The second-order valence-electron chi connectivity index (χ2n) is 1.13. The Hall–Kier alpha value is 1.52. The molecule has 0 unspecified atom stereocenters. The van der Waals surface area contributed by atoms with Gasteiger partial charge >= 0.3 is 132 Å². The van der Waals surface area contributed by atoms with E-state index in [9.17, 15) is 0 Å². The third-order valence-electron chi connectivity index (χ3n) is 0. The molecule has 0 aliphatic heterocycles. The quantitative estimate of drug-likeness (QED) is 0.280. The van der Waals surface area contributed by atoms with Crippen molar-refractivity contribution in [3.05, 3.63) is 0 Å². The topological polar surface area (TPSA) is 241 Å². The van der Waals surface area contributed by atoms with Crippen LogP contribution < -0.4 is 25.1 Å². The zero-order chi connectivity index (χ0) is 13.5. The van der Waals surface area contributed by atoms with Crippen molar-refractivity contribution in [3.63, 3.8) is 0 Å². The summed E-state index contributed by atoms with van der Waals surface area (Å²) >= 11 is -16.9. The standard InChI is InChI=1S/Fe.3Mn.12O.Zr/q+2;;;;;;;;;;6*-1;+4. The molecule has 0 atom stereocenters. The first kappa shape index (κ1) is 31.1. The first-order valence-electron chi connectivity index (χ1n) is 1.85. The van der Waals surface area contributed by atoms with E-state index in [1.807, 2.05) is 0 Å². The molecular weight excluding hydrogens is 504 g/mol. The van der Waals surface area contributed by atoms with Gasteiger partial charge in [-0.1, -0.05) is 0 Å². The summed E-state index contributed by atoms with van der Waals surface area (Å²) in [6.45, 7) is 0. The molecule has 0 aromatic heterocycles. The number of rotatable bonds is 0. The van der Waals surface area contributed by atoms with Gasteiger partial charge in [0.15, 0.2) is 0 Å². The molecule has 0 heterocycles. The van der Waals surface area contributed by atoms with Crippen molar-refractivity contribution in [2.45, 2.75) is 0 Å². The summed E-state index contributed by atoms with van der Waals surface area (Å²) in [6.07, 6.45) is 0. The minimum atomic E-state index is -5.62. The van der Waals surface area contributed by atoms with Crippen molar-refractivity contribution >= 4 is 0 Å². The Morgan fingerprint density at radius 1 is 0.471 bits per heavy atom. The molecule has 0 aromatic rings. The van der Waals surface area contributed by atoms with Crippen LogP contribution in [0.4, 0.5) is 0 Å². The molecule has 0 bridgehead atoms. The normalized spacial score (nSPS) is 10.2. The Kier molecular flexibility index (Phi) is 23.0. The van der Waals surface area contributed by atoms with Gasteiger partial charge in [-0.15, -0.1) is 0 Å². The maximum Gasteiger partial charge on any atom is 4.00 e. The average Bonchev–Trinajstić information content (AvgIpc) is 1.41. The maximum atomic E-state index is 8.58. The van der Waals surface area contributed by atoms with Gasteiger partial charge in [-0.2, -0.15) is 0 Å². The molecule has 0 saturated carbocycles. The van der Waals surface area contributed by atoms with Gasteiger partial charge in [0.2, 0.25) is 0 Å². The van der Waals surface area contributed by atoms with Crippen LogP contribution in [-0.4, -0.2) is 0 Å². The smallest absolute Gasteiger partial charge is 4.00 e. The van der Waals surface area contributed by atoms with E-state index in [4.69, 9.17) is 48.1 Å². The fraction of sp³-hybridized carbons (Fsp3) is 0. The molecular formula is FeMn3O12Zr. The van der Waals surface area contributed by atoms with Crippen LogP contribution in [0.1, 0.15) is 0 Å². The van der Waals surface area contributed by atoms with Gasteiger partial charge in [0.25, 0.3) is 0 Å². The predicted octanol–water partition coefficient (Wildman–Crippen LogP) is -7.86. The van der Waals surface area contributed by atoms with Gasteiger partial charge in [0.05, 0.1) is 0 Å². The molecule has 17 heteroatoms. The van der Waals surface area contributed by atoms with E-state index in [0.29, 0.717) is 0 Å². The van der Waals surface area contributed by atoms with E-state index < -0.39 is 40.1 Å². The second kappa shape index (κ2) is 12.5. The van der Waals surface area contributed by atoms with Crippen LogP contribution in [0.25, 0.3) is 0 Å². The van der Waals surface area contributed by atoms with E-state index in [2.05, 4.69) is 0 Å². The van der Waals surface area contributed by atoms with Crippen LogP contribution in [0.2, 0.25) is 0 Å². The molecule has 0 aromatic carbocycles. The molecule has 0 aliphatic carbocycles. The van der Waals surface area contributed by atoms with Crippen molar-refractivity contribution < 1.29 is 132 Å². The summed E-state index contributed by atoms with van der Waals surface area (Å²) in [5, 5.41) is 0. The molecule has 17 heavy (non-hydrogen) atoms. The zero-order valence-corrected chi connectivity index (χ0v) is 14.0. The molecule has 105 valence electrons. The molecule has 12 nitrogen and oxygen atoms in total. The fourth-order valence-electron chi connectivity index (χ4n) is 0. The van der Waals surface area contributed by atoms with Crippen molar-refractivity contribution in [3.8, 4) is 0 Å². The molecule has 0 radical (unpaired) electrons. The largest absolute Gasteiger partial charge is 4.00 e. The average molecular weight is 504 g/mol. The van der Waals surface area contributed by atoms with E-state index in [0.717, 1.165) is 0 Å². The van der Waals surface area contributed by atoms with E-state index in [1.54, 1.807) is 0 Å². The third kappa shape index (κ3) is 1820. The van der Waals surface area contributed by atoms with Crippen molar-refractivity contribution in [1.29, 1.82) is 0 Å². The minimum Gasteiger partial charge on any atom is 4.00 e. The van der Waals surface area contributed by atoms with Gasteiger partial charge in [-0.05, 0) is 0 Å². The van der Waals surface area contributed by atoms with Gasteiger partial charge in [0, 0.05) is 0 Å². The third-order valence-corrected chi connectivity index (χ3v) is 0. The first-order valence-corrected chi connectivity index (χ1v) is 7.63. The molecule has 0 spiro atoms. The van der Waals surface area contributed by atoms with Crippen LogP contribution >= 0.6 is 0 Å². The molecule has 0 fully saturated rings. The van der Waals surface area contributed by atoms with Gasteiger partial charge < -0.3 is 0 Å². The van der Waals surface area contributed by atoms with E-state index in [1.165, 1.54) is 0 Å². The van der Waals surface area contributed by atoms with Crippen molar-refractivity contribution in [2.24, 2.45) is 0 Å². The zero-order valence-electron chi connectivity index (χ0n) is 6.89. The van der Waals surface area contributed by atoms with Gasteiger partial charge in [-0.3, -0.25) is 0 Å². The number of hydrogen-bond donors (Lipinski definition) is 0. The Morgan fingerprint density at radius 3 is 0.471 bits per heavy atom.